The first kappa shape index (κ1) is 17.1. The van der Waals surface area contributed by atoms with E-state index in [9.17, 15) is 4.79 Å². The minimum Gasteiger partial charge on any atom is -0.363 e. The summed E-state index contributed by atoms with van der Waals surface area (Å²) in [7, 11) is 3.92. The van der Waals surface area contributed by atoms with Crippen molar-refractivity contribution in [3.05, 3.63) is 42.0 Å². The number of nitrogens with one attached hydrogen (secondary N) is 1. The Balaban J connectivity index is 1.66. The summed E-state index contributed by atoms with van der Waals surface area (Å²) in [6, 6.07) is 5.74. The van der Waals surface area contributed by atoms with E-state index in [1.54, 1.807) is 12.5 Å². The smallest absolute Gasteiger partial charge is 0.253 e. The molecule has 0 aliphatic carbocycles. The van der Waals surface area contributed by atoms with Gasteiger partial charge in [-0.25, -0.2) is 9.97 Å². The predicted octanol–water partition coefficient (Wildman–Crippen LogP) is 1.64. The second kappa shape index (κ2) is 7.46. The van der Waals surface area contributed by atoms with Gasteiger partial charge in [0.15, 0.2) is 0 Å². The number of hydrogen-bond acceptors (Lipinski definition) is 6. The van der Waals surface area contributed by atoms with Crippen LogP contribution in [0.2, 0.25) is 0 Å². The zero-order valence-electron chi connectivity index (χ0n) is 14.9. The molecule has 0 spiro atoms. The Bertz CT molecular complexity index is 731. The molecule has 1 N–H and O–H groups in total. The summed E-state index contributed by atoms with van der Waals surface area (Å²) in [5, 5.41) is 3.12. The van der Waals surface area contributed by atoms with Crippen molar-refractivity contribution < 1.29 is 4.79 Å². The van der Waals surface area contributed by atoms with Gasteiger partial charge in [-0.1, -0.05) is 0 Å². The molecule has 1 aliphatic rings. The number of hydrogen-bond donors (Lipinski definition) is 1. The minimum atomic E-state index is -0.0731. The third kappa shape index (κ3) is 4.23. The van der Waals surface area contributed by atoms with Gasteiger partial charge < -0.3 is 15.1 Å². The number of anilines is 2. The maximum atomic E-state index is 12.4. The van der Waals surface area contributed by atoms with Gasteiger partial charge in [-0.3, -0.25) is 9.78 Å². The maximum absolute atomic E-state index is 12.4. The SMILES string of the molecule is Cc1ccc(C(=O)NC2CCCN(c3cc(N(C)C)ncn3)C2)cn1. The van der Waals surface area contributed by atoms with E-state index in [1.165, 1.54) is 0 Å². The molecule has 1 unspecified atom stereocenters. The molecule has 1 fully saturated rings. The molecule has 2 aromatic heterocycles. The van der Waals surface area contributed by atoms with Crippen molar-refractivity contribution >= 4 is 17.5 Å². The topological polar surface area (TPSA) is 74.2 Å². The molecule has 0 saturated carbocycles. The van der Waals surface area contributed by atoms with Crippen LogP contribution in [0.3, 0.4) is 0 Å². The van der Waals surface area contributed by atoms with Crippen molar-refractivity contribution in [1.29, 1.82) is 0 Å². The summed E-state index contributed by atoms with van der Waals surface area (Å²) < 4.78 is 0. The number of piperidine rings is 1. The predicted molar refractivity (Wildman–Crippen MR) is 98.0 cm³/mol. The molecule has 1 aliphatic heterocycles. The number of amides is 1. The van der Waals surface area contributed by atoms with Gasteiger partial charge in [0.05, 0.1) is 5.56 Å². The van der Waals surface area contributed by atoms with Crippen LogP contribution < -0.4 is 15.1 Å². The van der Waals surface area contributed by atoms with Crippen molar-refractivity contribution in [2.24, 2.45) is 0 Å². The lowest BCUT2D eigenvalue weighted by atomic mass is 10.1. The van der Waals surface area contributed by atoms with Gasteiger partial charge >= 0.3 is 0 Å². The molecular weight excluding hydrogens is 316 g/mol. The molecule has 25 heavy (non-hydrogen) atoms. The molecule has 1 amide bonds. The van der Waals surface area contributed by atoms with Gasteiger partial charge in [-0.15, -0.1) is 0 Å². The molecule has 3 heterocycles. The average Bonchev–Trinajstić information content (AvgIpc) is 2.62. The molecule has 3 rings (SSSR count). The fourth-order valence-corrected chi connectivity index (χ4v) is 2.93. The monoisotopic (exact) mass is 340 g/mol. The number of nitrogens with zero attached hydrogens (tertiary/aromatic N) is 5. The van der Waals surface area contributed by atoms with Crippen LogP contribution >= 0.6 is 0 Å². The highest BCUT2D eigenvalue weighted by atomic mass is 16.1. The normalized spacial score (nSPS) is 17.2. The molecular formula is C18H24N6O. The number of aromatic nitrogens is 3. The van der Waals surface area contributed by atoms with Crippen LogP contribution in [0.1, 0.15) is 28.9 Å². The van der Waals surface area contributed by atoms with Crippen molar-refractivity contribution in [3.8, 4) is 0 Å². The van der Waals surface area contributed by atoms with Gasteiger partial charge in [0.2, 0.25) is 0 Å². The zero-order valence-corrected chi connectivity index (χ0v) is 14.9. The van der Waals surface area contributed by atoms with Gasteiger partial charge in [0.1, 0.15) is 18.0 Å². The second-order valence-corrected chi connectivity index (χ2v) is 6.58. The van der Waals surface area contributed by atoms with E-state index in [0.717, 1.165) is 43.3 Å². The summed E-state index contributed by atoms with van der Waals surface area (Å²) >= 11 is 0. The lowest BCUT2D eigenvalue weighted by Crippen LogP contribution is -2.48. The van der Waals surface area contributed by atoms with E-state index in [0.29, 0.717) is 5.56 Å². The highest BCUT2D eigenvalue weighted by Gasteiger charge is 2.23. The molecule has 0 aromatic carbocycles. The third-order valence-electron chi connectivity index (χ3n) is 4.35. The maximum Gasteiger partial charge on any atom is 0.253 e. The Kier molecular flexibility index (Phi) is 5.11. The largest absolute Gasteiger partial charge is 0.363 e. The molecule has 0 radical (unpaired) electrons. The number of carbonyl (C=O) groups excluding carboxylic acids is 1. The van der Waals surface area contributed by atoms with Gasteiger partial charge in [0, 0.05) is 51.2 Å². The van der Waals surface area contributed by atoms with Gasteiger partial charge in [-0.05, 0) is 31.9 Å². The average molecular weight is 340 g/mol. The summed E-state index contributed by atoms with van der Waals surface area (Å²) in [6.45, 7) is 3.58. The Labute approximate surface area is 148 Å². The summed E-state index contributed by atoms with van der Waals surface area (Å²) in [5.74, 6) is 1.70. The van der Waals surface area contributed by atoms with Crippen LogP contribution in [-0.2, 0) is 0 Å². The quantitative estimate of drug-likeness (QED) is 0.912. The standard InChI is InChI=1S/C18H24N6O/c1-13-6-7-14(10-19-13)18(25)22-15-5-4-8-24(11-15)17-9-16(23(2)3)20-12-21-17/h6-7,9-10,12,15H,4-5,8,11H2,1-3H3,(H,22,25). The van der Waals surface area contributed by atoms with Crippen LogP contribution in [-0.4, -0.2) is 54.1 Å². The zero-order chi connectivity index (χ0) is 17.8. The summed E-state index contributed by atoms with van der Waals surface area (Å²) in [6.07, 6.45) is 5.19. The molecule has 7 heteroatoms. The number of rotatable bonds is 4. The van der Waals surface area contributed by atoms with Gasteiger partial charge in [0.25, 0.3) is 5.91 Å². The van der Waals surface area contributed by atoms with E-state index < -0.39 is 0 Å². The molecule has 1 atom stereocenters. The van der Waals surface area contributed by atoms with E-state index in [4.69, 9.17) is 0 Å². The number of pyridine rings is 1. The Morgan fingerprint density at radius 3 is 2.84 bits per heavy atom. The van der Waals surface area contributed by atoms with Crippen molar-refractivity contribution in [3.63, 3.8) is 0 Å². The molecule has 7 nitrogen and oxygen atoms in total. The third-order valence-corrected chi connectivity index (χ3v) is 4.35. The van der Waals surface area contributed by atoms with E-state index >= 15 is 0 Å². The van der Waals surface area contributed by atoms with Gasteiger partial charge in [-0.2, -0.15) is 0 Å². The van der Waals surface area contributed by atoms with Crippen molar-refractivity contribution in [2.75, 3.05) is 37.0 Å². The summed E-state index contributed by atoms with van der Waals surface area (Å²) in [4.78, 5) is 29.4. The summed E-state index contributed by atoms with van der Waals surface area (Å²) in [5.41, 5.74) is 1.50. The number of aryl methyl sites for hydroxylation is 1. The second-order valence-electron chi connectivity index (χ2n) is 6.58. The molecule has 132 valence electrons. The first-order valence-electron chi connectivity index (χ1n) is 8.51. The van der Waals surface area contributed by atoms with E-state index in [-0.39, 0.29) is 11.9 Å². The van der Waals surface area contributed by atoms with Crippen LogP contribution in [0.15, 0.2) is 30.7 Å². The highest BCUT2D eigenvalue weighted by molar-refractivity contribution is 5.94. The highest BCUT2D eigenvalue weighted by Crippen LogP contribution is 2.20. The fraction of sp³-hybridized carbons (Fsp3) is 0.444. The van der Waals surface area contributed by atoms with Crippen LogP contribution in [0, 0.1) is 6.92 Å². The first-order valence-corrected chi connectivity index (χ1v) is 8.51. The first-order chi connectivity index (χ1) is 12.0. The Morgan fingerprint density at radius 2 is 2.12 bits per heavy atom. The Hall–Kier alpha value is -2.70. The van der Waals surface area contributed by atoms with Crippen molar-refractivity contribution in [1.82, 2.24) is 20.3 Å². The lowest BCUT2D eigenvalue weighted by molar-refractivity contribution is 0.0932. The van der Waals surface area contributed by atoms with Crippen molar-refractivity contribution in [2.45, 2.75) is 25.8 Å². The van der Waals surface area contributed by atoms with Crippen LogP contribution in [0.25, 0.3) is 0 Å². The van der Waals surface area contributed by atoms with E-state index in [1.807, 2.05) is 44.1 Å². The number of carbonyl (C=O) groups is 1. The molecule has 2 aromatic rings. The van der Waals surface area contributed by atoms with Crippen LogP contribution in [0.5, 0.6) is 0 Å². The van der Waals surface area contributed by atoms with Crippen LogP contribution in [0.4, 0.5) is 11.6 Å². The molecule has 0 bridgehead atoms. The Morgan fingerprint density at radius 1 is 1.28 bits per heavy atom. The fourth-order valence-electron chi connectivity index (χ4n) is 2.93. The molecule has 1 saturated heterocycles. The van der Waals surface area contributed by atoms with E-state index in [2.05, 4.69) is 25.2 Å². The minimum absolute atomic E-state index is 0.0731. The lowest BCUT2D eigenvalue weighted by Gasteiger charge is -2.34.